The molecule has 24 heavy (non-hydrogen) atoms. The molecule has 4 nitrogen and oxygen atoms in total. The monoisotopic (exact) mass is 346 g/mol. The largest absolute Gasteiger partial charge is 0.351 e. The number of nitrogens with one attached hydrogen (secondary N) is 1. The molecule has 0 unspecified atom stereocenters. The number of hydrogen-bond donors (Lipinski definition) is 1. The van der Waals surface area contributed by atoms with Crippen LogP contribution in [-0.4, -0.2) is 23.8 Å². The van der Waals surface area contributed by atoms with E-state index in [2.05, 4.69) is 5.32 Å². The minimum atomic E-state index is -0.440. The summed E-state index contributed by atoms with van der Waals surface area (Å²) in [6.07, 6.45) is 0.806. The van der Waals surface area contributed by atoms with Crippen molar-refractivity contribution in [2.75, 3.05) is 7.05 Å². The highest BCUT2D eigenvalue weighted by molar-refractivity contribution is 7.09. The number of amides is 2. The third-order valence-electron chi connectivity index (χ3n) is 4.40. The van der Waals surface area contributed by atoms with E-state index in [4.69, 9.17) is 0 Å². The van der Waals surface area contributed by atoms with Gasteiger partial charge in [-0.15, -0.1) is 11.3 Å². The van der Waals surface area contributed by atoms with E-state index in [1.54, 1.807) is 35.4 Å². The second-order valence-corrected chi connectivity index (χ2v) is 6.98. The number of rotatable bonds is 4. The molecular formula is C18H19FN2O2S. The zero-order chi connectivity index (χ0) is 17.1. The standard InChI is InChI=1S/C18H19FN2O2S/c1-21-16(22)8-7-15(17(21)12-4-2-5-13(19)10-12)18(23)20-11-14-6-3-9-24-14/h2-6,9-10,15,17H,7-8,11H2,1H3,(H,20,23)/t15-,17-/m1/s1. The lowest BCUT2D eigenvalue weighted by molar-refractivity contribution is -0.141. The lowest BCUT2D eigenvalue weighted by Gasteiger charge is -2.38. The molecule has 2 aromatic rings. The van der Waals surface area contributed by atoms with Crippen LogP contribution < -0.4 is 5.32 Å². The van der Waals surface area contributed by atoms with Crippen molar-refractivity contribution in [1.82, 2.24) is 10.2 Å². The van der Waals surface area contributed by atoms with Gasteiger partial charge in [0.15, 0.2) is 0 Å². The molecule has 1 saturated heterocycles. The Labute approximate surface area is 144 Å². The summed E-state index contributed by atoms with van der Waals surface area (Å²) in [7, 11) is 1.68. The van der Waals surface area contributed by atoms with Crippen LogP contribution >= 0.6 is 11.3 Å². The Hall–Kier alpha value is -2.21. The highest BCUT2D eigenvalue weighted by Crippen LogP contribution is 2.36. The molecule has 2 heterocycles. The summed E-state index contributed by atoms with van der Waals surface area (Å²) < 4.78 is 13.6. The fourth-order valence-corrected chi connectivity index (χ4v) is 3.82. The number of carbonyl (C=O) groups is 2. The number of benzene rings is 1. The number of hydrogen-bond acceptors (Lipinski definition) is 3. The van der Waals surface area contributed by atoms with Crippen LogP contribution in [0.2, 0.25) is 0 Å². The van der Waals surface area contributed by atoms with Crippen molar-refractivity contribution in [3.63, 3.8) is 0 Å². The molecule has 126 valence electrons. The van der Waals surface area contributed by atoms with Crippen molar-refractivity contribution < 1.29 is 14.0 Å². The predicted molar refractivity (Wildman–Crippen MR) is 90.8 cm³/mol. The zero-order valence-corrected chi connectivity index (χ0v) is 14.2. The van der Waals surface area contributed by atoms with Gasteiger partial charge < -0.3 is 10.2 Å². The molecule has 1 aromatic heterocycles. The Balaban J connectivity index is 1.80. The van der Waals surface area contributed by atoms with Gasteiger partial charge in [-0.05, 0) is 35.6 Å². The molecule has 1 aliphatic rings. The van der Waals surface area contributed by atoms with Crippen LogP contribution in [0.1, 0.15) is 29.3 Å². The molecule has 2 amide bonds. The summed E-state index contributed by atoms with van der Waals surface area (Å²) in [4.78, 5) is 27.4. The number of likely N-dealkylation sites (tertiary alicyclic amines) is 1. The van der Waals surface area contributed by atoms with Crippen molar-refractivity contribution in [3.8, 4) is 0 Å². The van der Waals surface area contributed by atoms with E-state index in [1.807, 2.05) is 17.5 Å². The summed E-state index contributed by atoms with van der Waals surface area (Å²) in [5.74, 6) is -0.866. The number of halogens is 1. The zero-order valence-electron chi connectivity index (χ0n) is 13.4. The minimum Gasteiger partial charge on any atom is -0.351 e. The summed E-state index contributed by atoms with van der Waals surface area (Å²) >= 11 is 1.58. The average Bonchev–Trinajstić information content (AvgIpc) is 3.08. The highest BCUT2D eigenvalue weighted by atomic mass is 32.1. The van der Waals surface area contributed by atoms with Gasteiger partial charge in [0.1, 0.15) is 5.82 Å². The summed E-state index contributed by atoms with van der Waals surface area (Å²) in [5, 5.41) is 4.91. The first kappa shape index (κ1) is 16.6. The first-order chi connectivity index (χ1) is 11.6. The normalized spacial score (nSPS) is 20.9. The fraction of sp³-hybridized carbons (Fsp3) is 0.333. The molecule has 0 saturated carbocycles. The molecule has 3 rings (SSSR count). The lowest BCUT2D eigenvalue weighted by Crippen LogP contribution is -2.46. The SMILES string of the molecule is CN1C(=O)CC[C@@H](C(=O)NCc2cccs2)[C@H]1c1cccc(F)c1. The van der Waals surface area contributed by atoms with Crippen LogP contribution in [0.3, 0.4) is 0 Å². The number of thiophene rings is 1. The van der Waals surface area contributed by atoms with Crippen molar-refractivity contribution in [2.45, 2.75) is 25.4 Å². The van der Waals surface area contributed by atoms with Crippen LogP contribution in [0.15, 0.2) is 41.8 Å². The van der Waals surface area contributed by atoms with Crippen LogP contribution in [-0.2, 0) is 16.1 Å². The number of carbonyl (C=O) groups excluding carboxylic acids is 2. The molecule has 1 fully saturated rings. The molecule has 2 atom stereocenters. The van der Waals surface area contributed by atoms with E-state index >= 15 is 0 Å². The van der Waals surface area contributed by atoms with Crippen molar-refractivity contribution in [2.24, 2.45) is 5.92 Å². The fourth-order valence-electron chi connectivity index (χ4n) is 3.18. The van der Waals surface area contributed by atoms with Gasteiger partial charge in [0, 0.05) is 18.3 Å². The maximum absolute atomic E-state index is 13.6. The summed E-state index contributed by atoms with van der Waals surface area (Å²) in [5.41, 5.74) is 0.654. The molecule has 1 N–H and O–H groups in total. The predicted octanol–water partition coefficient (Wildman–Crippen LogP) is 3.11. The summed E-state index contributed by atoms with van der Waals surface area (Å²) in [6, 6.07) is 9.60. The second kappa shape index (κ2) is 7.13. The Kier molecular flexibility index (Phi) is 4.94. The smallest absolute Gasteiger partial charge is 0.225 e. The number of piperidine rings is 1. The topological polar surface area (TPSA) is 49.4 Å². The maximum Gasteiger partial charge on any atom is 0.225 e. The van der Waals surface area contributed by atoms with Gasteiger partial charge in [-0.2, -0.15) is 0 Å². The van der Waals surface area contributed by atoms with E-state index < -0.39 is 6.04 Å². The third kappa shape index (κ3) is 3.48. The Morgan fingerprint density at radius 3 is 2.92 bits per heavy atom. The molecule has 6 heteroatoms. The van der Waals surface area contributed by atoms with E-state index in [0.717, 1.165) is 4.88 Å². The molecular weight excluding hydrogens is 327 g/mol. The Bertz CT molecular complexity index is 732. The molecule has 1 aromatic carbocycles. The van der Waals surface area contributed by atoms with E-state index in [9.17, 15) is 14.0 Å². The third-order valence-corrected chi connectivity index (χ3v) is 5.28. The van der Waals surface area contributed by atoms with E-state index in [-0.39, 0.29) is 23.5 Å². The molecule has 0 aliphatic carbocycles. The minimum absolute atomic E-state index is 0.0217. The van der Waals surface area contributed by atoms with Gasteiger partial charge in [-0.3, -0.25) is 9.59 Å². The van der Waals surface area contributed by atoms with Crippen LogP contribution in [0.5, 0.6) is 0 Å². The Morgan fingerprint density at radius 2 is 2.21 bits per heavy atom. The van der Waals surface area contributed by atoms with Crippen molar-refractivity contribution in [3.05, 3.63) is 58.0 Å². The first-order valence-corrected chi connectivity index (χ1v) is 8.75. The molecule has 0 spiro atoms. The van der Waals surface area contributed by atoms with E-state index in [0.29, 0.717) is 24.9 Å². The first-order valence-electron chi connectivity index (χ1n) is 7.87. The van der Waals surface area contributed by atoms with Gasteiger partial charge in [0.25, 0.3) is 0 Å². The molecule has 0 bridgehead atoms. The van der Waals surface area contributed by atoms with Crippen LogP contribution in [0.4, 0.5) is 4.39 Å². The summed E-state index contributed by atoms with van der Waals surface area (Å²) in [6.45, 7) is 0.473. The number of nitrogens with zero attached hydrogens (tertiary/aromatic N) is 1. The molecule has 0 radical (unpaired) electrons. The lowest BCUT2D eigenvalue weighted by atomic mass is 9.84. The van der Waals surface area contributed by atoms with Gasteiger partial charge in [-0.1, -0.05) is 18.2 Å². The van der Waals surface area contributed by atoms with Gasteiger partial charge in [0.05, 0.1) is 18.5 Å². The van der Waals surface area contributed by atoms with Crippen molar-refractivity contribution in [1.29, 1.82) is 0 Å². The van der Waals surface area contributed by atoms with Crippen LogP contribution in [0, 0.1) is 11.7 Å². The average molecular weight is 346 g/mol. The highest BCUT2D eigenvalue weighted by Gasteiger charge is 2.38. The van der Waals surface area contributed by atoms with E-state index in [1.165, 1.54) is 12.1 Å². The Morgan fingerprint density at radius 1 is 1.38 bits per heavy atom. The van der Waals surface area contributed by atoms with Gasteiger partial charge in [0.2, 0.25) is 11.8 Å². The van der Waals surface area contributed by atoms with Gasteiger partial charge >= 0.3 is 0 Å². The van der Waals surface area contributed by atoms with Crippen LogP contribution in [0.25, 0.3) is 0 Å². The molecule has 1 aliphatic heterocycles. The quantitative estimate of drug-likeness (QED) is 0.925. The van der Waals surface area contributed by atoms with Gasteiger partial charge in [-0.25, -0.2) is 4.39 Å². The maximum atomic E-state index is 13.6. The second-order valence-electron chi connectivity index (χ2n) is 5.95. The van der Waals surface area contributed by atoms with Crippen molar-refractivity contribution >= 4 is 23.2 Å².